The van der Waals surface area contributed by atoms with Crippen LogP contribution in [0.5, 0.6) is 5.75 Å². The summed E-state index contributed by atoms with van der Waals surface area (Å²) in [6, 6.07) is 6.63. The summed E-state index contributed by atoms with van der Waals surface area (Å²) in [4.78, 5) is 29.7. The predicted molar refractivity (Wildman–Crippen MR) is 122 cm³/mol. The average Bonchev–Trinajstić information content (AvgIpc) is 3.11. The summed E-state index contributed by atoms with van der Waals surface area (Å²) in [5.74, 6) is -0.861. The molecule has 8 heteroatoms. The van der Waals surface area contributed by atoms with Crippen molar-refractivity contribution in [2.75, 3.05) is 27.2 Å². The third-order valence-corrected chi connectivity index (χ3v) is 5.62. The second kappa shape index (κ2) is 9.16. The highest BCUT2D eigenvalue weighted by atomic mass is 16.5. The summed E-state index contributed by atoms with van der Waals surface area (Å²) in [6.45, 7) is 8.39. The maximum Gasteiger partial charge on any atom is 0.295 e. The Labute approximate surface area is 189 Å². The Hall–Kier alpha value is -3.13. The first-order valence-corrected chi connectivity index (χ1v) is 10.7. The fraction of sp³-hybridized carbons (Fsp3) is 0.458. The van der Waals surface area contributed by atoms with Crippen molar-refractivity contribution in [1.82, 2.24) is 19.6 Å². The first-order chi connectivity index (χ1) is 15.0. The van der Waals surface area contributed by atoms with Gasteiger partial charge >= 0.3 is 0 Å². The van der Waals surface area contributed by atoms with E-state index in [4.69, 9.17) is 4.74 Å². The SMILES string of the molecule is Cc1nn(C)c(C)c1/C(O)=C1\C(=O)C(=O)N(CCN(C)C)C1c1cccc(OC(C)C)c1. The number of likely N-dealkylation sites (N-methyl/N-ethyl adjacent to an activating group) is 1. The summed E-state index contributed by atoms with van der Waals surface area (Å²) in [6.07, 6.45) is -0.0222. The molecule has 1 saturated heterocycles. The molecular formula is C24H32N4O4. The van der Waals surface area contributed by atoms with E-state index in [0.717, 1.165) is 5.69 Å². The van der Waals surface area contributed by atoms with Crippen LogP contribution in [0.1, 0.15) is 42.4 Å². The van der Waals surface area contributed by atoms with Crippen LogP contribution in [-0.4, -0.2) is 69.7 Å². The number of carbonyl (C=O) groups is 2. The molecule has 1 aromatic carbocycles. The Morgan fingerprint density at radius 3 is 2.50 bits per heavy atom. The van der Waals surface area contributed by atoms with Gasteiger partial charge in [-0.3, -0.25) is 14.3 Å². The number of hydrogen-bond acceptors (Lipinski definition) is 6. The number of ketones is 1. The van der Waals surface area contributed by atoms with Crippen molar-refractivity contribution in [2.24, 2.45) is 7.05 Å². The Kier molecular flexibility index (Phi) is 6.74. The smallest absolute Gasteiger partial charge is 0.295 e. The van der Waals surface area contributed by atoms with Gasteiger partial charge in [-0.1, -0.05) is 12.1 Å². The van der Waals surface area contributed by atoms with Crippen molar-refractivity contribution < 1.29 is 19.4 Å². The second-order valence-corrected chi connectivity index (χ2v) is 8.70. The summed E-state index contributed by atoms with van der Waals surface area (Å²) in [5.41, 5.74) is 2.59. The number of amides is 1. The van der Waals surface area contributed by atoms with Gasteiger partial charge in [-0.15, -0.1) is 0 Å². The summed E-state index contributed by atoms with van der Waals surface area (Å²) >= 11 is 0. The second-order valence-electron chi connectivity index (χ2n) is 8.70. The number of nitrogens with zero attached hydrogens (tertiary/aromatic N) is 4. The van der Waals surface area contributed by atoms with Gasteiger partial charge in [0, 0.05) is 25.8 Å². The molecule has 1 amide bonds. The van der Waals surface area contributed by atoms with Gasteiger partial charge in [-0.05, 0) is 59.5 Å². The number of hydrogen-bond donors (Lipinski definition) is 1. The number of Topliss-reactive ketones (excluding diaryl/α,β-unsaturated/α-hetero) is 1. The van der Waals surface area contributed by atoms with Crippen molar-refractivity contribution in [3.8, 4) is 5.75 Å². The number of aromatic nitrogens is 2. The third-order valence-electron chi connectivity index (χ3n) is 5.62. The normalized spacial score (nSPS) is 18.3. The van der Waals surface area contributed by atoms with E-state index in [2.05, 4.69) is 5.10 Å². The minimum atomic E-state index is -0.718. The minimum Gasteiger partial charge on any atom is -0.507 e. The molecule has 2 heterocycles. The predicted octanol–water partition coefficient (Wildman–Crippen LogP) is 2.81. The molecule has 0 spiro atoms. The highest BCUT2D eigenvalue weighted by molar-refractivity contribution is 6.46. The lowest BCUT2D eigenvalue weighted by Gasteiger charge is -2.27. The molecule has 3 rings (SSSR count). The van der Waals surface area contributed by atoms with Gasteiger partial charge in [0.1, 0.15) is 11.5 Å². The zero-order chi connectivity index (χ0) is 23.7. The molecule has 172 valence electrons. The van der Waals surface area contributed by atoms with Crippen LogP contribution >= 0.6 is 0 Å². The van der Waals surface area contributed by atoms with E-state index in [1.54, 1.807) is 18.7 Å². The van der Waals surface area contributed by atoms with Crippen molar-refractivity contribution in [3.05, 3.63) is 52.4 Å². The van der Waals surface area contributed by atoms with Crippen molar-refractivity contribution in [2.45, 2.75) is 39.8 Å². The van der Waals surface area contributed by atoms with Gasteiger partial charge in [-0.2, -0.15) is 5.10 Å². The van der Waals surface area contributed by atoms with Gasteiger partial charge in [0.25, 0.3) is 11.7 Å². The van der Waals surface area contributed by atoms with Crippen molar-refractivity contribution in [1.29, 1.82) is 0 Å². The summed E-state index contributed by atoms with van der Waals surface area (Å²) < 4.78 is 7.49. The zero-order valence-corrected chi connectivity index (χ0v) is 19.8. The number of benzene rings is 1. The molecular weight excluding hydrogens is 408 g/mol. The lowest BCUT2D eigenvalue weighted by molar-refractivity contribution is -0.140. The van der Waals surface area contributed by atoms with Gasteiger partial charge < -0.3 is 19.6 Å². The highest BCUT2D eigenvalue weighted by Gasteiger charge is 2.46. The molecule has 2 aromatic rings. The number of aliphatic hydroxyl groups excluding tert-OH is 1. The average molecular weight is 441 g/mol. The maximum absolute atomic E-state index is 13.2. The molecule has 0 bridgehead atoms. The van der Waals surface area contributed by atoms with Crippen LogP contribution in [0.4, 0.5) is 0 Å². The van der Waals surface area contributed by atoms with Crippen LogP contribution in [0.2, 0.25) is 0 Å². The molecule has 1 aliphatic rings. The molecule has 1 aromatic heterocycles. The Bertz CT molecular complexity index is 1070. The number of aliphatic hydroxyl groups is 1. The Morgan fingerprint density at radius 1 is 1.25 bits per heavy atom. The number of likely N-dealkylation sites (tertiary alicyclic amines) is 1. The Balaban J connectivity index is 2.20. The standard InChI is InChI=1S/C24H32N4O4/c1-14(2)32-18-10-8-9-17(13-18)21-20(22(29)19-15(3)25-27(7)16(19)4)23(30)24(31)28(21)12-11-26(5)6/h8-10,13-14,21,29H,11-12H2,1-7H3/b22-20+. The van der Waals surface area contributed by atoms with Crippen LogP contribution in [0, 0.1) is 13.8 Å². The minimum absolute atomic E-state index is 0.0222. The quantitative estimate of drug-likeness (QED) is 0.405. The zero-order valence-electron chi connectivity index (χ0n) is 19.8. The van der Waals surface area contributed by atoms with Crippen molar-refractivity contribution >= 4 is 17.4 Å². The van der Waals surface area contributed by atoms with Crippen LogP contribution < -0.4 is 4.74 Å². The number of ether oxygens (including phenoxy) is 1. The van der Waals surface area contributed by atoms with E-state index in [0.29, 0.717) is 35.7 Å². The largest absolute Gasteiger partial charge is 0.507 e. The first-order valence-electron chi connectivity index (χ1n) is 10.7. The van der Waals surface area contributed by atoms with Gasteiger partial charge in [0.15, 0.2) is 0 Å². The molecule has 8 nitrogen and oxygen atoms in total. The van der Waals surface area contributed by atoms with E-state index in [1.165, 1.54) is 4.90 Å². The summed E-state index contributed by atoms with van der Waals surface area (Å²) in [7, 11) is 5.59. The number of carbonyl (C=O) groups excluding carboxylic acids is 2. The highest BCUT2D eigenvalue weighted by Crippen LogP contribution is 2.41. The van der Waals surface area contributed by atoms with E-state index < -0.39 is 17.7 Å². The number of aryl methyl sites for hydroxylation is 2. The molecule has 1 aliphatic heterocycles. The van der Waals surface area contributed by atoms with Crippen LogP contribution in [0.15, 0.2) is 29.8 Å². The van der Waals surface area contributed by atoms with E-state index in [-0.39, 0.29) is 17.4 Å². The molecule has 1 atom stereocenters. The van der Waals surface area contributed by atoms with Gasteiger partial charge in [0.2, 0.25) is 0 Å². The lowest BCUT2D eigenvalue weighted by Crippen LogP contribution is -2.35. The fourth-order valence-electron chi connectivity index (χ4n) is 4.05. The molecule has 0 saturated carbocycles. The van der Waals surface area contributed by atoms with E-state index in [1.807, 2.05) is 64.0 Å². The van der Waals surface area contributed by atoms with Crippen LogP contribution in [0.25, 0.3) is 5.76 Å². The van der Waals surface area contributed by atoms with Crippen molar-refractivity contribution in [3.63, 3.8) is 0 Å². The Morgan fingerprint density at radius 2 is 1.94 bits per heavy atom. The molecule has 1 fully saturated rings. The van der Waals surface area contributed by atoms with E-state index in [9.17, 15) is 14.7 Å². The van der Waals surface area contributed by atoms with E-state index >= 15 is 0 Å². The van der Waals surface area contributed by atoms with Crippen LogP contribution in [-0.2, 0) is 16.6 Å². The summed E-state index contributed by atoms with van der Waals surface area (Å²) in [5, 5.41) is 15.7. The molecule has 0 aliphatic carbocycles. The van der Waals surface area contributed by atoms with Gasteiger partial charge in [-0.25, -0.2) is 0 Å². The molecule has 1 N–H and O–H groups in total. The monoisotopic (exact) mass is 440 g/mol. The lowest BCUT2D eigenvalue weighted by atomic mass is 9.94. The maximum atomic E-state index is 13.2. The topological polar surface area (TPSA) is 87.9 Å². The molecule has 0 radical (unpaired) electrons. The number of rotatable bonds is 7. The third kappa shape index (κ3) is 4.41. The first kappa shape index (κ1) is 23.5. The van der Waals surface area contributed by atoms with Gasteiger partial charge in [0.05, 0.1) is 29.0 Å². The van der Waals surface area contributed by atoms with Crippen LogP contribution in [0.3, 0.4) is 0 Å². The molecule has 32 heavy (non-hydrogen) atoms. The fourth-order valence-corrected chi connectivity index (χ4v) is 4.05. The molecule has 1 unspecified atom stereocenters.